The molecule has 0 aromatic heterocycles. The van der Waals surface area contributed by atoms with E-state index in [4.69, 9.17) is 27.4 Å². The summed E-state index contributed by atoms with van der Waals surface area (Å²) >= 11 is 4.76. The molecule has 3 nitrogen and oxygen atoms in total. The molecule has 0 heterocycles. The summed E-state index contributed by atoms with van der Waals surface area (Å²) in [4.78, 5) is 0.475. The Balaban J connectivity index is 2.46. The van der Waals surface area contributed by atoms with Gasteiger partial charge in [-0.3, -0.25) is 0 Å². The third kappa shape index (κ3) is 4.76. The first-order valence-corrected chi connectivity index (χ1v) is 5.12. The number of methoxy groups -OCH3 is 1. The van der Waals surface area contributed by atoms with Crippen LogP contribution in [-0.2, 0) is 11.3 Å². The minimum atomic E-state index is 0.475. The monoisotopic (exact) mass is 225 g/mol. The van der Waals surface area contributed by atoms with Crippen molar-refractivity contribution in [2.45, 2.75) is 13.0 Å². The van der Waals surface area contributed by atoms with Crippen molar-refractivity contribution in [3.8, 4) is 5.75 Å². The summed E-state index contributed by atoms with van der Waals surface area (Å²) in [7, 11) is 1.67. The molecule has 0 amide bonds. The van der Waals surface area contributed by atoms with Crippen LogP contribution in [0.15, 0.2) is 24.3 Å². The third-order valence-corrected chi connectivity index (χ3v) is 2.03. The molecule has 1 aromatic rings. The van der Waals surface area contributed by atoms with Gasteiger partial charge in [0.1, 0.15) is 5.75 Å². The second kappa shape index (κ2) is 6.37. The Kier molecular flexibility index (Phi) is 5.07. The summed E-state index contributed by atoms with van der Waals surface area (Å²) in [6.45, 7) is 1.11. The van der Waals surface area contributed by atoms with Crippen LogP contribution in [0, 0.1) is 0 Å². The van der Waals surface area contributed by atoms with E-state index in [2.05, 4.69) is 0 Å². The second-order valence-corrected chi connectivity index (χ2v) is 3.67. The average Bonchev–Trinajstić information content (AvgIpc) is 2.18. The maximum Gasteiger partial charge on any atom is 0.119 e. The summed E-state index contributed by atoms with van der Waals surface area (Å²) < 4.78 is 10.5. The van der Waals surface area contributed by atoms with E-state index in [0.29, 0.717) is 24.6 Å². The second-order valence-electron chi connectivity index (χ2n) is 3.15. The van der Waals surface area contributed by atoms with Gasteiger partial charge >= 0.3 is 0 Å². The molecule has 2 N–H and O–H groups in total. The molecule has 4 heteroatoms. The first-order chi connectivity index (χ1) is 7.22. The van der Waals surface area contributed by atoms with E-state index in [1.54, 1.807) is 7.11 Å². The molecule has 0 aliphatic carbocycles. The number of benzene rings is 1. The Morgan fingerprint density at radius 3 is 2.93 bits per heavy atom. The first-order valence-electron chi connectivity index (χ1n) is 4.71. The Morgan fingerprint density at radius 1 is 1.47 bits per heavy atom. The molecule has 82 valence electrons. The number of rotatable bonds is 6. The van der Waals surface area contributed by atoms with Gasteiger partial charge in [-0.25, -0.2) is 0 Å². The van der Waals surface area contributed by atoms with Crippen molar-refractivity contribution in [2.75, 3.05) is 13.7 Å². The number of nitrogens with two attached hydrogens (primary N) is 1. The molecule has 0 radical (unpaired) electrons. The number of hydrogen-bond acceptors (Lipinski definition) is 3. The lowest BCUT2D eigenvalue weighted by atomic mass is 10.2. The van der Waals surface area contributed by atoms with Crippen molar-refractivity contribution in [3.63, 3.8) is 0 Å². The zero-order chi connectivity index (χ0) is 11.1. The lowest BCUT2D eigenvalue weighted by Gasteiger charge is -2.07. The van der Waals surface area contributed by atoms with Crippen LogP contribution < -0.4 is 10.5 Å². The lowest BCUT2D eigenvalue weighted by Crippen LogP contribution is -2.12. The van der Waals surface area contributed by atoms with Gasteiger partial charge in [-0.05, 0) is 17.7 Å². The van der Waals surface area contributed by atoms with Crippen LogP contribution in [0.2, 0.25) is 0 Å². The van der Waals surface area contributed by atoms with Crippen LogP contribution in [0.1, 0.15) is 12.0 Å². The molecule has 0 aliphatic heterocycles. The maximum absolute atomic E-state index is 5.48. The highest BCUT2D eigenvalue weighted by atomic mass is 32.1. The molecule has 15 heavy (non-hydrogen) atoms. The van der Waals surface area contributed by atoms with Crippen molar-refractivity contribution in [2.24, 2.45) is 5.73 Å². The van der Waals surface area contributed by atoms with Crippen molar-refractivity contribution in [1.29, 1.82) is 0 Å². The molecular formula is C11H15NO2S. The van der Waals surface area contributed by atoms with E-state index in [0.717, 1.165) is 11.3 Å². The third-order valence-electron chi connectivity index (χ3n) is 1.83. The Labute approximate surface area is 95.2 Å². The smallest absolute Gasteiger partial charge is 0.119 e. The topological polar surface area (TPSA) is 44.5 Å². The highest BCUT2D eigenvalue weighted by molar-refractivity contribution is 7.80. The number of hydrogen-bond donors (Lipinski definition) is 1. The van der Waals surface area contributed by atoms with Gasteiger partial charge in [0.2, 0.25) is 0 Å². The average molecular weight is 225 g/mol. The molecule has 1 aromatic carbocycles. The fraction of sp³-hybridized carbons (Fsp3) is 0.364. The van der Waals surface area contributed by atoms with Gasteiger partial charge in [0.15, 0.2) is 0 Å². The minimum absolute atomic E-state index is 0.475. The molecule has 0 bridgehead atoms. The number of thiocarbonyl (C=S) groups is 1. The summed E-state index contributed by atoms with van der Waals surface area (Å²) in [6, 6.07) is 7.77. The van der Waals surface area contributed by atoms with E-state index in [-0.39, 0.29) is 0 Å². The number of ether oxygens (including phenoxy) is 2. The Hall–Kier alpha value is -1.13. The summed E-state index contributed by atoms with van der Waals surface area (Å²) in [6.07, 6.45) is 0.601. The van der Waals surface area contributed by atoms with Gasteiger partial charge in [0.05, 0.1) is 18.2 Å². The van der Waals surface area contributed by atoms with E-state index in [1.165, 1.54) is 0 Å². The standard InChI is InChI=1S/C11H15NO2S/c1-13-8-9-3-2-4-10(7-9)14-6-5-11(12)15/h2-4,7H,5-6,8H2,1H3,(H2,12,15). The van der Waals surface area contributed by atoms with Crippen molar-refractivity contribution in [3.05, 3.63) is 29.8 Å². The van der Waals surface area contributed by atoms with Crippen LogP contribution in [0.5, 0.6) is 5.75 Å². The highest BCUT2D eigenvalue weighted by Crippen LogP contribution is 2.14. The van der Waals surface area contributed by atoms with E-state index >= 15 is 0 Å². The summed E-state index contributed by atoms with van der Waals surface area (Å²) in [5.41, 5.74) is 6.45. The van der Waals surface area contributed by atoms with Crippen LogP contribution in [0.25, 0.3) is 0 Å². The zero-order valence-electron chi connectivity index (χ0n) is 8.73. The molecular weight excluding hydrogens is 210 g/mol. The molecule has 0 aliphatic rings. The maximum atomic E-state index is 5.48. The minimum Gasteiger partial charge on any atom is -0.493 e. The van der Waals surface area contributed by atoms with Crippen molar-refractivity contribution < 1.29 is 9.47 Å². The largest absolute Gasteiger partial charge is 0.493 e. The van der Waals surface area contributed by atoms with Gasteiger partial charge in [-0.1, -0.05) is 24.4 Å². The highest BCUT2D eigenvalue weighted by Gasteiger charge is 1.97. The fourth-order valence-electron chi connectivity index (χ4n) is 1.16. The van der Waals surface area contributed by atoms with Crippen LogP contribution in [0.4, 0.5) is 0 Å². The van der Waals surface area contributed by atoms with E-state index < -0.39 is 0 Å². The predicted molar refractivity (Wildman–Crippen MR) is 64.1 cm³/mol. The van der Waals surface area contributed by atoms with Crippen molar-refractivity contribution in [1.82, 2.24) is 0 Å². The van der Waals surface area contributed by atoms with Crippen molar-refractivity contribution >= 4 is 17.2 Å². The lowest BCUT2D eigenvalue weighted by molar-refractivity contribution is 0.184. The predicted octanol–water partition coefficient (Wildman–Crippen LogP) is 1.89. The van der Waals surface area contributed by atoms with Crippen LogP contribution >= 0.6 is 12.2 Å². The summed E-state index contributed by atoms with van der Waals surface area (Å²) in [5, 5.41) is 0. The molecule has 0 unspecified atom stereocenters. The normalized spacial score (nSPS) is 9.93. The molecule has 1 rings (SSSR count). The van der Waals surface area contributed by atoms with Gasteiger partial charge in [-0.2, -0.15) is 0 Å². The van der Waals surface area contributed by atoms with Gasteiger partial charge in [0, 0.05) is 13.5 Å². The van der Waals surface area contributed by atoms with Crippen LogP contribution in [0.3, 0.4) is 0 Å². The fourth-order valence-corrected chi connectivity index (χ4v) is 1.24. The van der Waals surface area contributed by atoms with Gasteiger partial charge < -0.3 is 15.2 Å². The molecule has 0 spiro atoms. The van der Waals surface area contributed by atoms with E-state index in [9.17, 15) is 0 Å². The van der Waals surface area contributed by atoms with Crippen LogP contribution in [-0.4, -0.2) is 18.7 Å². The molecule has 0 saturated carbocycles. The first kappa shape index (κ1) is 11.9. The Morgan fingerprint density at radius 2 is 2.27 bits per heavy atom. The molecule has 0 saturated heterocycles. The van der Waals surface area contributed by atoms with E-state index in [1.807, 2.05) is 24.3 Å². The summed E-state index contributed by atoms with van der Waals surface area (Å²) in [5.74, 6) is 0.820. The molecule has 0 fully saturated rings. The zero-order valence-corrected chi connectivity index (χ0v) is 9.55. The van der Waals surface area contributed by atoms with Gasteiger partial charge in [-0.15, -0.1) is 0 Å². The quantitative estimate of drug-likeness (QED) is 0.751. The Bertz CT molecular complexity index is 328. The van der Waals surface area contributed by atoms with Gasteiger partial charge in [0.25, 0.3) is 0 Å². The molecule has 0 atom stereocenters. The SMILES string of the molecule is COCc1cccc(OCCC(N)=S)c1.